The molecule has 0 spiro atoms. The smallest absolute Gasteiger partial charge is 0.416 e. The highest BCUT2D eigenvalue weighted by Crippen LogP contribution is 2.34. The molecule has 8 nitrogen and oxygen atoms in total. The summed E-state index contributed by atoms with van der Waals surface area (Å²) >= 11 is 5.93. The lowest BCUT2D eigenvalue weighted by Gasteiger charge is -2.13. The number of pyridine rings is 2. The number of nitrogens with zero attached hydrogens (tertiary/aromatic N) is 2. The summed E-state index contributed by atoms with van der Waals surface area (Å²) in [4.78, 5) is 32.5. The van der Waals surface area contributed by atoms with Crippen LogP contribution >= 0.6 is 11.6 Å². The first-order valence-electron chi connectivity index (χ1n) is 10.3. The molecular formula is C24H17ClF3N5O3. The molecule has 0 saturated heterocycles. The molecule has 12 heteroatoms. The van der Waals surface area contributed by atoms with Gasteiger partial charge in [0.25, 0.3) is 5.91 Å². The van der Waals surface area contributed by atoms with E-state index in [9.17, 15) is 22.8 Å². The van der Waals surface area contributed by atoms with E-state index in [1.54, 1.807) is 30.3 Å². The molecule has 0 aliphatic carbocycles. The minimum absolute atomic E-state index is 0.0536. The SMILES string of the molecule is CNC(=O)c1cc(Oc2cccc3nc(NC(=O)Nc4cc(C(F)(F)F)ccc4Cl)ccc23)ccn1. The Morgan fingerprint density at radius 3 is 2.56 bits per heavy atom. The number of halogens is 4. The molecule has 0 bridgehead atoms. The summed E-state index contributed by atoms with van der Waals surface area (Å²) in [6, 6.07) is 13.1. The lowest BCUT2D eigenvalue weighted by Crippen LogP contribution is -2.20. The maximum atomic E-state index is 13.0. The van der Waals surface area contributed by atoms with Crippen LogP contribution in [0.4, 0.5) is 29.5 Å². The van der Waals surface area contributed by atoms with Gasteiger partial charge in [-0.05, 0) is 48.5 Å². The fourth-order valence-electron chi connectivity index (χ4n) is 3.21. The van der Waals surface area contributed by atoms with Crippen molar-refractivity contribution in [2.45, 2.75) is 6.18 Å². The number of carbonyl (C=O) groups is 2. The number of nitrogens with one attached hydrogen (secondary N) is 3. The lowest BCUT2D eigenvalue weighted by molar-refractivity contribution is -0.137. The molecule has 0 atom stereocenters. The topological polar surface area (TPSA) is 105 Å². The molecule has 0 aliphatic heterocycles. The van der Waals surface area contributed by atoms with E-state index in [-0.39, 0.29) is 28.1 Å². The number of ether oxygens (including phenoxy) is 1. The maximum Gasteiger partial charge on any atom is 0.416 e. The van der Waals surface area contributed by atoms with Crippen molar-refractivity contribution in [3.8, 4) is 11.5 Å². The average molecular weight is 516 g/mol. The van der Waals surface area contributed by atoms with Gasteiger partial charge in [-0.2, -0.15) is 13.2 Å². The Morgan fingerprint density at radius 1 is 1.00 bits per heavy atom. The van der Waals surface area contributed by atoms with Gasteiger partial charge < -0.3 is 15.4 Å². The molecule has 36 heavy (non-hydrogen) atoms. The Bertz CT molecular complexity index is 1460. The number of carbonyl (C=O) groups excluding carboxylic acids is 2. The van der Waals surface area contributed by atoms with Crippen molar-refractivity contribution >= 4 is 45.9 Å². The van der Waals surface area contributed by atoms with E-state index in [4.69, 9.17) is 16.3 Å². The molecule has 4 rings (SSSR count). The molecular weight excluding hydrogens is 499 g/mol. The highest BCUT2D eigenvalue weighted by molar-refractivity contribution is 6.33. The highest BCUT2D eigenvalue weighted by Gasteiger charge is 2.31. The molecule has 184 valence electrons. The minimum Gasteiger partial charge on any atom is -0.457 e. The van der Waals surface area contributed by atoms with Gasteiger partial charge in [0.15, 0.2) is 0 Å². The number of fused-ring (bicyclic) bond motifs is 1. The molecule has 3 N–H and O–H groups in total. The molecule has 0 saturated carbocycles. The van der Waals surface area contributed by atoms with Crippen molar-refractivity contribution in [3.63, 3.8) is 0 Å². The van der Waals surface area contributed by atoms with Crippen LogP contribution in [0.15, 0.2) is 66.9 Å². The number of anilines is 2. The summed E-state index contributed by atoms with van der Waals surface area (Å²) in [7, 11) is 1.49. The minimum atomic E-state index is -4.59. The van der Waals surface area contributed by atoms with Crippen LogP contribution in [0, 0.1) is 0 Å². The molecule has 0 radical (unpaired) electrons. The van der Waals surface area contributed by atoms with Gasteiger partial charge in [-0.1, -0.05) is 17.7 Å². The summed E-state index contributed by atoms with van der Waals surface area (Å²) in [6.45, 7) is 0. The van der Waals surface area contributed by atoms with E-state index < -0.39 is 17.8 Å². The zero-order chi connectivity index (χ0) is 25.9. The Hall–Kier alpha value is -4.38. The number of benzene rings is 2. The third-order valence-corrected chi connectivity index (χ3v) is 5.22. The van der Waals surface area contributed by atoms with E-state index >= 15 is 0 Å². The number of urea groups is 1. The summed E-state index contributed by atoms with van der Waals surface area (Å²) in [6.07, 6.45) is -3.14. The van der Waals surface area contributed by atoms with Crippen LogP contribution in [0.3, 0.4) is 0 Å². The third-order valence-electron chi connectivity index (χ3n) is 4.89. The largest absolute Gasteiger partial charge is 0.457 e. The number of rotatable bonds is 5. The van der Waals surface area contributed by atoms with Crippen molar-refractivity contribution in [2.24, 2.45) is 0 Å². The van der Waals surface area contributed by atoms with E-state index in [0.29, 0.717) is 22.4 Å². The average Bonchev–Trinajstić information content (AvgIpc) is 2.84. The quantitative estimate of drug-likeness (QED) is 0.298. The zero-order valence-corrected chi connectivity index (χ0v) is 19.2. The molecule has 0 unspecified atom stereocenters. The fourth-order valence-corrected chi connectivity index (χ4v) is 3.37. The van der Waals surface area contributed by atoms with E-state index in [1.165, 1.54) is 25.4 Å². The Labute approximate surface area is 207 Å². The van der Waals surface area contributed by atoms with Gasteiger partial charge in [0.1, 0.15) is 23.0 Å². The molecule has 0 aliphatic rings. The number of alkyl halides is 3. The van der Waals surface area contributed by atoms with Crippen LogP contribution in [-0.2, 0) is 6.18 Å². The molecule has 4 aromatic rings. The van der Waals surface area contributed by atoms with Gasteiger partial charge in [0.05, 0.1) is 21.8 Å². The number of hydrogen-bond donors (Lipinski definition) is 3. The van der Waals surface area contributed by atoms with Gasteiger partial charge >= 0.3 is 12.2 Å². The van der Waals surface area contributed by atoms with Crippen molar-refractivity contribution in [1.82, 2.24) is 15.3 Å². The molecule has 2 aromatic carbocycles. The Morgan fingerprint density at radius 2 is 1.81 bits per heavy atom. The summed E-state index contributed by atoms with van der Waals surface area (Å²) in [5.74, 6) is 0.614. The van der Waals surface area contributed by atoms with Crippen LogP contribution in [-0.4, -0.2) is 29.0 Å². The first kappa shape index (κ1) is 24.7. The monoisotopic (exact) mass is 515 g/mol. The van der Waals surface area contributed by atoms with Crippen LogP contribution < -0.4 is 20.7 Å². The van der Waals surface area contributed by atoms with Crippen molar-refractivity contribution in [3.05, 3.63) is 83.1 Å². The van der Waals surface area contributed by atoms with E-state index in [0.717, 1.165) is 18.2 Å². The van der Waals surface area contributed by atoms with Crippen LogP contribution in [0.2, 0.25) is 5.02 Å². The van der Waals surface area contributed by atoms with E-state index in [1.807, 2.05) is 0 Å². The standard InChI is InChI=1S/C24H17ClF3N5O3/c1-29-22(34)19-12-14(9-10-30-19)36-20-4-2-3-17-15(20)6-8-21(31-17)33-23(35)32-18-11-13(24(26,27)28)5-7-16(18)25/h2-12H,1H3,(H,29,34)(H2,31,32,33,35). The molecule has 2 aromatic heterocycles. The second kappa shape index (κ2) is 10.1. The van der Waals surface area contributed by atoms with Gasteiger partial charge in [-0.25, -0.2) is 9.78 Å². The molecule has 3 amide bonds. The molecule has 2 heterocycles. The summed E-state index contributed by atoms with van der Waals surface area (Å²) < 4.78 is 44.8. The zero-order valence-electron chi connectivity index (χ0n) is 18.5. The lowest BCUT2D eigenvalue weighted by atomic mass is 10.2. The van der Waals surface area contributed by atoms with Gasteiger partial charge in [-0.15, -0.1) is 0 Å². The fraction of sp³-hybridized carbons (Fsp3) is 0.0833. The van der Waals surface area contributed by atoms with Crippen LogP contribution in [0.25, 0.3) is 10.9 Å². The van der Waals surface area contributed by atoms with Gasteiger partial charge in [0.2, 0.25) is 0 Å². The Kier molecular flexibility index (Phi) is 6.93. The summed E-state index contributed by atoms with van der Waals surface area (Å²) in [5, 5.41) is 7.81. The normalized spacial score (nSPS) is 11.1. The van der Waals surface area contributed by atoms with Crippen LogP contribution in [0.5, 0.6) is 11.5 Å². The highest BCUT2D eigenvalue weighted by atomic mass is 35.5. The number of aromatic nitrogens is 2. The van der Waals surface area contributed by atoms with Crippen molar-refractivity contribution < 1.29 is 27.5 Å². The van der Waals surface area contributed by atoms with Crippen molar-refractivity contribution in [2.75, 3.05) is 17.7 Å². The first-order valence-corrected chi connectivity index (χ1v) is 10.7. The second-order valence-corrected chi connectivity index (χ2v) is 7.76. The summed E-state index contributed by atoms with van der Waals surface area (Å²) in [5.41, 5.74) is -0.487. The van der Waals surface area contributed by atoms with Crippen molar-refractivity contribution in [1.29, 1.82) is 0 Å². The second-order valence-electron chi connectivity index (χ2n) is 7.35. The van der Waals surface area contributed by atoms with E-state index in [2.05, 4.69) is 25.9 Å². The number of hydrogen-bond acceptors (Lipinski definition) is 5. The first-order chi connectivity index (χ1) is 17.1. The van der Waals surface area contributed by atoms with Crippen LogP contribution in [0.1, 0.15) is 16.1 Å². The van der Waals surface area contributed by atoms with Gasteiger partial charge in [-0.3, -0.25) is 15.1 Å². The Balaban J connectivity index is 1.52. The number of amides is 3. The maximum absolute atomic E-state index is 13.0. The predicted octanol–water partition coefficient (Wildman–Crippen LogP) is 6.10. The molecule has 0 fully saturated rings. The van der Waals surface area contributed by atoms with Gasteiger partial charge in [0, 0.05) is 24.7 Å². The third kappa shape index (κ3) is 5.63. The predicted molar refractivity (Wildman–Crippen MR) is 129 cm³/mol.